The molecule has 0 heterocycles. The van der Waals surface area contributed by atoms with Crippen LogP contribution in [0.3, 0.4) is 0 Å². The van der Waals surface area contributed by atoms with Crippen molar-refractivity contribution in [2.75, 3.05) is 4.90 Å². The molecular formula is C67H43N. The molecule has 0 saturated heterocycles. The molecule has 0 radical (unpaired) electrons. The Morgan fingerprint density at radius 2 is 0.574 bits per heavy atom. The van der Waals surface area contributed by atoms with Gasteiger partial charge in [0.25, 0.3) is 0 Å². The van der Waals surface area contributed by atoms with Crippen LogP contribution < -0.4 is 4.90 Å². The molecule has 1 spiro atoms. The number of nitrogens with zero attached hydrogens (tertiary/aromatic N) is 1. The van der Waals surface area contributed by atoms with Crippen LogP contribution in [-0.4, -0.2) is 0 Å². The van der Waals surface area contributed by atoms with E-state index >= 15 is 0 Å². The third kappa shape index (κ3) is 5.57. The van der Waals surface area contributed by atoms with Crippen LogP contribution in [0.2, 0.25) is 0 Å². The van der Waals surface area contributed by atoms with Crippen molar-refractivity contribution in [2.24, 2.45) is 0 Å². The molecule has 11 aromatic carbocycles. The third-order valence-electron chi connectivity index (χ3n) is 14.9. The van der Waals surface area contributed by atoms with Gasteiger partial charge in [-0.25, -0.2) is 0 Å². The first-order chi connectivity index (χ1) is 33.8. The second-order valence-electron chi connectivity index (χ2n) is 18.3. The average Bonchev–Trinajstić information content (AvgIpc) is 3.89. The Labute approximate surface area is 397 Å². The molecule has 0 aliphatic heterocycles. The fourth-order valence-electron chi connectivity index (χ4n) is 12.0. The molecule has 3 aliphatic carbocycles. The van der Waals surface area contributed by atoms with Gasteiger partial charge < -0.3 is 4.90 Å². The summed E-state index contributed by atoms with van der Waals surface area (Å²) in [7, 11) is 0. The van der Waals surface area contributed by atoms with Gasteiger partial charge in [0.1, 0.15) is 0 Å². The van der Waals surface area contributed by atoms with E-state index in [1.165, 1.54) is 111 Å². The molecule has 1 nitrogen and oxygen atoms in total. The standard InChI is InChI=1S/C67H43N/c1-2-17-44(18-3-1)45-33-35-46(36-34-45)47-37-39-48(40-38-47)68(49-41-42-56-54-23-7-6-21-52(54)50-19-4-5-20-51(50)53-22-8-9-24-55(53)60(56)43-49)65-32-16-31-64-66(65)59-27-12-15-30-63(59)67(64)61-28-13-10-25-57(61)58-26-11-14-29-62(58)67/h1-43H. The second-order valence-corrected chi connectivity index (χ2v) is 18.3. The van der Waals surface area contributed by atoms with E-state index in [4.69, 9.17) is 0 Å². The number of anilines is 3. The summed E-state index contributed by atoms with van der Waals surface area (Å²) >= 11 is 0. The van der Waals surface area contributed by atoms with Gasteiger partial charge in [-0.15, -0.1) is 0 Å². The molecule has 0 fully saturated rings. The van der Waals surface area contributed by atoms with Crippen LogP contribution in [0.1, 0.15) is 22.3 Å². The predicted octanol–water partition coefficient (Wildman–Crippen LogP) is 17.8. The van der Waals surface area contributed by atoms with Gasteiger partial charge in [-0.2, -0.15) is 0 Å². The van der Waals surface area contributed by atoms with Gasteiger partial charge in [-0.3, -0.25) is 0 Å². The van der Waals surface area contributed by atoms with E-state index < -0.39 is 5.41 Å². The van der Waals surface area contributed by atoms with Crippen molar-refractivity contribution in [2.45, 2.75) is 5.41 Å². The Balaban J connectivity index is 1.01. The molecule has 0 N–H and O–H groups in total. The van der Waals surface area contributed by atoms with Crippen molar-refractivity contribution in [1.82, 2.24) is 0 Å². The highest BCUT2D eigenvalue weighted by molar-refractivity contribution is 6.06. The highest BCUT2D eigenvalue weighted by atomic mass is 15.1. The molecule has 68 heavy (non-hydrogen) atoms. The summed E-state index contributed by atoms with van der Waals surface area (Å²) < 4.78 is 0. The fourth-order valence-corrected chi connectivity index (χ4v) is 12.0. The zero-order valence-electron chi connectivity index (χ0n) is 37.3. The Hall–Kier alpha value is -8.78. The number of hydrogen-bond acceptors (Lipinski definition) is 1. The Morgan fingerprint density at radius 3 is 1.09 bits per heavy atom. The van der Waals surface area contributed by atoms with Crippen LogP contribution in [0, 0.1) is 0 Å². The molecule has 0 amide bonds. The van der Waals surface area contributed by atoms with Crippen molar-refractivity contribution in [3.63, 3.8) is 0 Å². The minimum Gasteiger partial charge on any atom is -0.310 e. The van der Waals surface area contributed by atoms with Crippen LogP contribution in [0.25, 0.3) is 89.0 Å². The van der Waals surface area contributed by atoms with Crippen molar-refractivity contribution < 1.29 is 0 Å². The zero-order valence-corrected chi connectivity index (χ0v) is 37.3. The monoisotopic (exact) mass is 861 g/mol. The highest BCUT2D eigenvalue weighted by Crippen LogP contribution is 2.65. The molecule has 0 unspecified atom stereocenters. The number of fused-ring (bicyclic) bond motifs is 18. The van der Waals surface area contributed by atoms with Gasteiger partial charge in [-0.1, -0.05) is 231 Å². The van der Waals surface area contributed by atoms with E-state index in [-0.39, 0.29) is 0 Å². The SMILES string of the molecule is c1ccc(-c2ccc(-c3ccc(N(c4ccc5c(c4)-c4ccccc4-c4ccccc4-c4ccccc4-5)c4cccc5c4-c4ccccc4C54c5ccccc5-c5ccccc54)cc3)cc2)cc1. The lowest BCUT2D eigenvalue weighted by atomic mass is 9.70. The molecule has 1 heteroatoms. The summed E-state index contributed by atoms with van der Waals surface area (Å²) in [5, 5.41) is 0. The lowest BCUT2D eigenvalue weighted by Crippen LogP contribution is -2.26. The van der Waals surface area contributed by atoms with Gasteiger partial charge in [-0.05, 0) is 136 Å². The van der Waals surface area contributed by atoms with Gasteiger partial charge in [0.2, 0.25) is 0 Å². The molecule has 0 bridgehead atoms. The van der Waals surface area contributed by atoms with Gasteiger partial charge in [0, 0.05) is 16.9 Å². The third-order valence-corrected chi connectivity index (χ3v) is 14.9. The van der Waals surface area contributed by atoms with Gasteiger partial charge in [0.15, 0.2) is 0 Å². The molecule has 0 atom stereocenters. The summed E-state index contributed by atoms with van der Waals surface area (Å²) in [6.07, 6.45) is 0. The van der Waals surface area contributed by atoms with E-state index in [2.05, 4.69) is 266 Å². The van der Waals surface area contributed by atoms with E-state index in [9.17, 15) is 0 Å². The normalized spacial score (nSPS) is 12.8. The number of hydrogen-bond donors (Lipinski definition) is 0. The lowest BCUT2D eigenvalue weighted by molar-refractivity contribution is 0.794. The van der Waals surface area contributed by atoms with Crippen LogP contribution in [-0.2, 0) is 5.41 Å². The van der Waals surface area contributed by atoms with Crippen molar-refractivity contribution in [1.29, 1.82) is 0 Å². The van der Waals surface area contributed by atoms with Crippen LogP contribution in [0.15, 0.2) is 261 Å². The fraction of sp³-hybridized carbons (Fsp3) is 0.0149. The topological polar surface area (TPSA) is 3.24 Å². The maximum atomic E-state index is 2.52. The molecule has 316 valence electrons. The van der Waals surface area contributed by atoms with Crippen molar-refractivity contribution in [3.8, 4) is 89.0 Å². The van der Waals surface area contributed by atoms with Crippen LogP contribution in [0.4, 0.5) is 17.1 Å². The Morgan fingerprint density at radius 1 is 0.221 bits per heavy atom. The van der Waals surface area contributed by atoms with E-state index in [1.807, 2.05) is 0 Å². The van der Waals surface area contributed by atoms with Crippen molar-refractivity contribution in [3.05, 3.63) is 283 Å². The Kier molecular flexibility index (Phi) is 8.57. The minimum absolute atomic E-state index is 0.460. The zero-order chi connectivity index (χ0) is 44.8. The molecule has 0 aromatic heterocycles. The molecule has 14 rings (SSSR count). The first-order valence-corrected chi connectivity index (χ1v) is 23.7. The molecular weight excluding hydrogens is 819 g/mol. The molecule has 11 aromatic rings. The number of rotatable bonds is 5. The van der Waals surface area contributed by atoms with Crippen LogP contribution in [0.5, 0.6) is 0 Å². The quantitative estimate of drug-likeness (QED) is 0.167. The maximum Gasteiger partial charge on any atom is 0.0726 e. The van der Waals surface area contributed by atoms with Crippen LogP contribution >= 0.6 is 0 Å². The van der Waals surface area contributed by atoms with Crippen molar-refractivity contribution >= 4 is 17.1 Å². The van der Waals surface area contributed by atoms with E-state index in [0.29, 0.717) is 0 Å². The largest absolute Gasteiger partial charge is 0.310 e. The lowest BCUT2D eigenvalue weighted by Gasteiger charge is -2.32. The smallest absolute Gasteiger partial charge is 0.0726 e. The summed E-state index contributed by atoms with van der Waals surface area (Å²) in [4.78, 5) is 2.52. The summed E-state index contributed by atoms with van der Waals surface area (Å²) in [5.41, 5.74) is 28.1. The predicted molar refractivity (Wildman–Crippen MR) is 284 cm³/mol. The molecule has 0 saturated carbocycles. The molecule has 3 aliphatic rings. The summed E-state index contributed by atoms with van der Waals surface area (Å²) in [5.74, 6) is 0. The number of benzene rings is 11. The summed E-state index contributed by atoms with van der Waals surface area (Å²) in [6, 6.07) is 97.0. The summed E-state index contributed by atoms with van der Waals surface area (Å²) in [6.45, 7) is 0. The van der Waals surface area contributed by atoms with E-state index in [0.717, 1.165) is 17.1 Å². The minimum atomic E-state index is -0.460. The first kappa shape index (κ1) is 38.5. The first-order valence-electron chi connectivity index (χ1n) is 23.7. The Bertz CT molecular complexity index is 3730. The highest BCUT2D eigenvalue weighted by Gasteiger charge is 2.52. The maximum absolute atomic E-state index is 2.52. The second kappa shape index (κ2) is 15.1. The van der Waals surface area contributed by atoms with E-state index in [1.54, 1.807) is 0 Å². The van der Waals surface area contributed by atoms with Gasteiger partial charge >= 0.3 is 0 Å². The average molecular weight is 862 g/mol. The van der Waals surface area contributed by atoms with Gasteiger partial charge in [0.05, 0.1) is 11.1 Å².